The largest absolute Gasteiger partial charge is 0.379 e. The Kier molecular flexibility index (Phi) is 5.42. The van der Waals surface area contributed by atoms with Gasteiger partial charge >= 0.3 is 6.03 Å². The first-order valence-corrected chi connectivity index (χ1v) is 7.78. The first kappa shape index (κ1) is 16.8. The van der Waals surface area contributed by atoms with Crippen molar-refractivity contribution in [3.8, 4) is 0 Å². The number of rotatable bonds is 4. The number of morpholine rings is 1. The van der Waals surface area contributed by atoms with E-state index in [2.05, 4.69) is 20.6 Å². The van der Waals surface area contributed by atoms with Gasteiger partial charge in [0, 0.05) is 31.7 Å². The number of carbonyl (C=O) groups excluding carboxylic acids is 1. The molecule has 2 amide bonds. The zero-order valence-corrected chi connectivity index (χ0v) is 13.9. The molecule has 7 nitrogen and oxygen atoms in total. The molecule has 0 radical (unpaired) electrons. The van der Waals surface area contributed by atoms with Crippen molar-refractivity contribution in [3.63, 3.8) is 0 Å². The third-order valence-electron chi connectivity index (χ3n) is 3.53. The van der Waals surface area contributed by atoms with E-state index < -0.39 is 0 Å². The van der Waals surface area contributed by atoms with Crippen molar-refractivity contribution in [2.45, 2.75) is 39.3 Å². The molecule has 1 saturated heterocycles. The molecule has 0 unspecified atom stereocenters. The summed E-state index contributed by atoms with van der Waals surface area (Å²) >= 11 is 0. The van der Waals surface area contributed by atoms with E-state index in [1.807, 2.05) is 27.7 Å². The lowest BCUT2D eigenvalue weighted by Gasteiger charge is -2.29. The van der Waals surface area contributed by atoms with E-state index in [1.54, 1.807) is 16.9 Å². The average Bonchev–Trinajstić information content (AvgIpc) is 2.87. The smallest absolute Gasteiger partial charge is 0.320 e. The first-order chi connectivity index (χ1) is 10.4. The molecule has 2 rings (SSSR count). The van der Waals surface area contributed by atoms with Gasteiger partial charge in [-0.2, -0.15) is 5.10 Å². The predicted octanol–water partition coefficient (Wildman–Crippen LogP) is 1.48. The van der Waals surface area contributed by atoms with Crippen LogP contribution >= 0.6 is 0 Å². The number of urea groups is 1. The Bertz CT molecular complexity index is 488. The molecule has 0 aliphatic carbocycles. The summed E-state index contributed by atoms with van der Waals surface area (Å²) in [6.45, 7) is 12.4. The van der Waals surface area contributed by atoms with E-state index in [0.717, 1.165) is 32.8 Å². The molecule has 22 heavy (non-hydrogen) atoms. The molecule has 0 saturated carbocycles. The van der Waals surface area contributed by atoms with Crippen molar-refractivity contribution in [2.75, 3.05) is 38.2 Å². The van der Waals surface area contributed by atoms with Crippen LogP contribution in [0.4, 0.5) is 10.6 Å². The van der Waals surface area contributed by atoms with Gasteiger partial charge in [0.05, 0.1) is 24.9 Å². The molecular formula is C15H27N5O2. The van der Waals surface area contributed by atoms with Crippen LogP contribution < -0.4 is 10.6 Å². The van der Waals surface area contributed by atoms with Crippen LogP contribution in [0.25, 0.3) is 0 Å². The van der Waals surface area contributed by atoms with Crippen molar-refractivity contribution in [1.29, 1.82) is 0 Å². The van der Waals surface area contributed by atoms with Gasteiger partial charge < -0.3 is 10.1 Å². The minimum absolute atomic E-state index is 0.0732. The second-order valence-electron chi connectivity index (χ2n) is 6.71. The fourth-order valence-electron chi connectivity index (χ4n) is 2.53. The normalized spacial score (nSPS) is 18.0. The Morgan fingerprint density at radius 1 is 1.41 bits per heavy atom. The number of amides is 2. The van der Waals surface area contributed by atoms with Crippen LogP contribution in [-0.4, -0.2) is 59.6 Å². The van der Waals surface area contributed by atoms with E-state index in [4.69, 9.17) is 4.74 Å². The Morgan fingerprint density at radius 2 is 2.09 bits per heavy atom. The highest BCUT2D eigenvalue weighted by atomic mass is 16.5. The van der Waals surface area contributed by atoms with Crippen LogP contribution in [0, 0.1) is 0 Å². The molecule has 1 aromatic heterocycles. The number of anilines is 1. The summed E-state index contributed by atoms with van der Waals surface area (Å²) in [5.74, 6) is 0.698. The minimum Gasteiger partial charge on any atom is -0.379 e. The van der Waals surface area contributed by atoms with Crippen LogP contribution in [0.5, 0.6) is 0 Å². The summed E-state index contributed by atoms with van der Waals surface area (Å²) in [5.41, 5.74) is -0.175. The summed E-state index contributed by atoms with van der Waals surface area (Å²) < 4.78 is 7.13. The summed E-state index contributed by atoms with van der Waals surface area (Å²) in [6, 6.07) is 1.67. The number of nitrogens with zero attached hydrogens (tertiary/aromatic N) is 3. The highest BCUT2D eigenvalue weighted by molar-refractivity contribution is 5.88. The van der Waals surface area contributed by atoms with E-state index in [1.165, 1.54) is 0 Å². The van der Waals surface area contributed by atoms with Crippen LogP contribution in [-0.2, 0) is 10.3 Å². The van der Waals surface area contributed by atoms with E-state index in [-0.39, 0.29) is 17.6 Å². The summed E-state index contributed by atoms with van der Waals surface area (Å²) in [6.07, 6.45) is 1.69. The third-order valence-corrected chi connectivity index (χ3v) is 3.53. The number of hydrogen-bond donors (Lipinski definition) is 2. The molecular weight excluding hydrogens is 282 g/mol. The van der Waals surface area contributed by atoms with Crippen molar-refractivity contribution < 1.29 is 9.53 Å². The highest BCUT2D eigenvalue weighted by Crippen LogP contribution is 2.18. The molecule has 1 aliphatic rings. The molecule has 1 fully saturated rings. The SMILES string of the molecule is C[C@H](CN1CCOCC1)NC(=O)Nc1ccnn1C(C)(C)C. The van der Waals surface area contributed by atoms with E-state index in [9.17, 15) is 4.79 Å². The molecule has 0 aromatic carbocycles. The third kappa shape index (κ3) is 4.71. The topological polar surface area (TPSA) is 71.4 Å². The monoisotopic (exact) mass is 309 g/mol. The minimum atomic E-state index is -0.202. The Morgan fingerprint density at radius 3 is 2.73 bits per heavy atom. The molecule has 0 bridgehead atoms. The van der Waals surface area contributed by atoms with Gasteiger partial charge in [0.2, 0.25) is 0 Å². The second kappa shape index (κ2) is 7.11. The molecule has 1 atom stereocenters. The Balaban J connectivity index is 1.83. The number of nitrogens with one attached hydrogen (secondary N) is 2. The highest BCUT2D eigenvalue weighted by Gasteiger charge is 2.19. The maximum atomic E-state index is 12.1. The van der Waals surface area contributed by atoms with Crippen molar-refractivity contribution in [2.24, 2.45) is 0 Å². The van der Waals surface area contributed by atoms with Gasteiger partial charge in [-0.25, -0.2) is 9.48 Å². The maximum Gasteiger partial charge on any atom is 0.320 e. The molecule has 1 aromatic rings. The number of aromatic nitrogens is 2. The van der Waals surface area contributed by atoms with Gasteiger partial charge in [0.25, 0.3) is 0 Å². The summed E-state index contributed by atoms with van der Waals surface area (Å²) in [7, 11) is 0. The lowest BCUT2D eigenvalue weighted by molar-refractivity contribution is 0.0350. The van der Waals surface area contributed by atoms with Crippen LogP contribution in [0.3, 0.4) is 0 Å². The van der Waals surface area contributed by atoms with Crippen molar-refractivity contribution in [3.05, 3.63) is 12.3 Å². The van der Waals surface area contributed by atoms with Crippen LogP contribution in [0.2, 0.25) is 0 Å². The summed E-state index contributed by atoms with van der Waals surface area (Å²) in [5, 5.41) is 10.1. The molecule has 7 heteroatoms. The number of hydrogen-bond acceptors (Lipinski definition) is 4. The molecule has 2 heterocycles. The van der Waals surface area contributed by atoms with E-state index >= 15 is 0 Å². The number of carbonyl (C=O) groups is 1. The quantitative estimate of drug-likeness (QED) is 0.884. The zero-order chi connectivity index (χ0) is 16.2. The van der Waals surface area contributed by atoms with Crippen LogP contribution in [0.1, 0.15) is 27.7 Å². The number of ether oxygens (including phenoxy) is 1. The lowest BCUT2D eigenvalue weighted by Crippen LogP contribution is -2.47. The zero-order valence-electron chi connectivity index (χ0n) is 13.9. The van der Waals surface area contributed by atoms with Gasteiger partial charge in [0.15, 0.2) is 0 Å². The Labute approximate surface area is 132 Å². The van der Waals surface area contributed by atoms with Gasteiger partial charge in [-0.1, -0.05) is 0 Å². The van der Waals surface area contributed by atoms with Gasteiger partial charge in [-0.15, -0.1) is 0 Å². The van der Waals surface area contributed by atoms with Crippen molar-refractivity contribution >= 4 is 11.8 Å². The van der Waals surface area contributed by atoms with Gasteiger partial charge in [-0.3, -0.25) is 10.2 Å². The maximum absolute atomic E-state index is 12.1. The average molecular weight is 309 g/mol. The molecule has 124 valence electrons. The van der Waals surface area contributed by atoms with E-state index in [0.29, 0.717) is 5.82 Å². The molecule has 0 spiro atoms. The van der Waals surface area contributed by atoms with Crippen LogP contribution in [0.15, 0.2) is 12.3 Å². The lowest BCUT2D eigenvalue weighted by atomic mass is 10.1. The first-order valence-electron chi connectivity index (χ1n) is 7.78. The van der Waals surface area contributed by atoms with Crippen molar-refractivity contribution in [1.82, 2.24) is 20.0 Å². The molecule has 1 aliphatic heterocycles. The predicted molar refractivity (Wildman–Crippen MR) is 86.1 cm³/mol. The van der Waals surface area contributed by atoms with Gasteiger partial charge in [-0.05, 0) is 27.7 Å². The summed E-state index contributed by atoms with van der Waals surface area (Å²) in [4.78, 5) is 14.4. The van der Waals surface area contributed by atoms with Gasteiger partial charge in [0.1, 0.15) is 5.82 Å². The molecule has 2 N–H and O–H groups in total. The fraction of sp³-hybridized carbons (Fsp3) is 0.733. The second-order valence-corrected chi connectivity index (χ2v) is 6.71. The fourth-order valence-corrected chi connectivity index (χ4v) is 2.53. The standard InChI is InChI=1S/C15H27N5O2/c1-12(11-19-7-9-22-10-8-19)17-14(21)18-13-5-6-16-20(13)15(2,3)4/h5-6,12H,7-11H2,1-4H3,(H2,17,18,21)/t12-/m1/s1. The Hall–Kier alpha value is -1.60.